The van der Waals surface area contributed by atoms with Crippen LogP contribution in [0.15, 0.2) is 12.7 Å². The Morgan fingerprint density at radius 1 is 1.50 bits per heavy atom. The predicted octanol–water partition coefficient (Wildman–Crippen LogP) is 2.84. The van der Waals surface area contributed by atoms with Crippen LogP contribution in [0.3, 0.4) is 0 Å². The summed E-state index contributed by atoms with van der Waals surface area (Å²) in [4.78, 5) is 10.4. The first-order valence-corrected chi connectivity index (χ1v) is 4.52. The van der Waals surface area contributed by atoms with Gasteiger partial charge in [0.2, 0.25) is 0 Å². The molecule has 1 unspecified atom stereocenters. The van der Waals surface area contributed by atoms with Gasteiger partial charge in [-0.15, -0.1) is 6.58 Å². The minimum Gasteiger partial charge on any atom is -0.481 e. The van der Waals surface area contributed by atoms with Crippen molar-refractivity contribution in [3.05, 3.63) is 12.7 Å². The number of hydrogen-bond donors (Lipinski definition) is 1. The number of allylic oxidation sites excluding steroid dienone is 1. The maximum atomic E-state index is 10.4. The first kappa shape index (κ1) is 11.2. The summed E-state index contributed by atoms with van der Waals surface area (Å²) in [5.74, 6) is -0.868. The SMILES string of the molecule is C=CCCCCCC(C)C(=O)O. The van der Waals surface area contributed by atoms with Crippen molar-refractivity contribution in [3.63, 3.8) is 0 Å². The van der Waals surface area contributed by atoms with Gasteiger partial charge in [0.15, 0.2) is 0 Å². The van der Waals surface area contributed by atoms with Crippen LogP contribution in [0.2, 0.25) is 0 Å². The Morgan fingerprint density at radius 3 is 2.67 bits per heavy atom. The third-order valence-electron chi connectivity index (χ3n) is 1.97. The van der Waals surface area contributed by atoms with Gasteiger partial charge in [-0.1, -0.05) is 25.8 Å². The van der Waals surface area contributed by atoms with Gasteiger partial charge in [0, 0.05) is 0 Å². The average molecular weight is 170 g/mol. The number of unbranched alkanes of at least 4 members (excludes halogenated alkanes) is 3. The van der Waals surface area contributed by atoms with E-state index in [9.17, 15) is 4.79 Å². The van der Waals surface area contributed by atoms with Gasteiger partial charge in [-0.3, -0.25) is 4.79 Å². The lowest BCUT2D eigenvalue weighted by Crippen LogP contribution is -2.08. The molecule has 0 amide bonds. The summed E-state index contributed by atoms with van der Waals surface area (Å²) >= 11 is 0. The number of aliphatic carboxylic acids is 1. The molecule has 0 saturated heterocycles. The van der Waals surface area contributed by atoms with Crippen LogP contribution in [0.1, 0.15) is 39.0 Å². The fourth-order valence-electron chi connectivity index (χ4n) is 1.04. The van der Waals surface area contributed by atoms with Gasteiger partial charge in [-0.25, -0.2) is 0 Å². The normalized spacial score (nSPS) is 12.4. The summed E-state index contributed by atoms with van der Waals surface area (Å²) in [6.07, 6.45) is 7.01. The second-order valence-corrected chi connectivity index (χ2v) is 3.17. The lowest BCUT2D eigenvalue weighted by molar-refractivity contribution is -0.141. The summed E-state index contributed by atoms with van der Waals surface area (Å²) in [7, 11) is 0. The lowest BCUT2D eigenvalue weighted by Gasteiger charge is -2.04. The zero-order valence-corrected chi connectivity index (χ0v) is 7.75. The molecular weight excluding hydrogens is 152 g/mol. The first-order chi connectivity index (χ1) is 5.68. The van der Waals surface area contributed by atoms with Crippen molar-refractivity contribution in [1.29, 1.82) is 0 Å². The topological polar surface area (TPSA) is 37.3 Å². The van der Waals surface area contributed by atoms with E-state index in [1.54, 1.807) is 6.92 Å². The quantitative estimate of drug-likeness (QED) is 0.471. The molecule has 0 bridgehead atoms. The van der Waals surface area contributed by atoms with E-state index in [2.05, 4.69) is 6.58 Å². The van der Waals surface area contributed by atoms with Gasteiger partial charge >= 0.3 is 5.97 Å². The second kappa shape index (κ2) is 6.89. The Hall–Kier alpha value is -0.790. The van der Waals surface area contributed by atoms with Crippen molar-refractivity contribution >= 4 is 5.97 Å². The van der Waals surface area contributed by atoms with Crippen LogP contribution in [0, 0.1) is 5.92 Å². The molecule has 0 rings (SSSR count). The molecule has 0 fully saturated rings. The van der Waals surface area contributed by atoms with E-state index in [0.29, 0.717) is 0 Å². The highest BCUT2D eigenvalue weighted by molar-refractivity contribution is 5.69. The molecule has 1 N–H and O–H groups in total. The second-order valence-electron chi connectivity index (χ2n) is 3.17. The average Bonchev–Trinajstić information content (AvgIpc) is 2.03. The Bertz CT molecular complexity index is 141. The molecule has 70 valence electrons. The number of carbonyl (C=O) groups is 1. The Morgan fingerprint density at radius 2 is 2.17 bits per heavy atom. The molecule has 0 aromatic heterocycles. The molecule has 0 heterocycles. The van der Waals surface area contributed by atoms with Gasteiger partial charge < -0.3 is 5.11 Å². The molecule has 0 radical (unpaired) electrons. The van der Waals surface area contributed by atoms with Crippen molar-refractivity contribution in [3.8, 4) is 0 Å². The van der Waals surface area contributed by atoms with Gasteiger partial charge in [-0.2, -0.15) is 0 Å². The molecule has 12 heavy (non-hydrogen) atoms. The summed E-state index contributed by atoms with van der Waals surface area (Å²) in [6, 6.07) is 0. The smallest absolute Gasteiger partial charge is 0.306 e. The number of rotatable bonds is 7. The molecule has 0 saturated carbocycles. The van der Waals surface area contributed by atoms with Crippen LogP contribution in [-0.2, 0) is 4.79 Å². The summed E-state index contributed by atoms with van der Waals surface area (Å²) in [5, 5.41) is 8.57. The van der Waals surface area contributed by atoms with Gasteiger partial charge in [0.05, 0.1) is 5.92 Å². The van der Waals surface area contributed by atoms with Crippen molar-refractivity contribution in [1.82, 2.24) is 0 Å². The highest BCUT2D eigenvalue weighted by atomic mass is 16.4. The van der Waals surface area contributed by atoms with E-state index in [4.69, 9.17) is 5.11 Å². The van der Waals surface area contributed by atoms with E-state index in [-0.39, 0.29) is 5.92 Å². The van der Waals surface area contributed by atoms with Crippen LogP contribution in [0.5, 0.6) is 0 Å². The zero-order chi connectivity index (χ0) is 9.40. The Labute approximate surface area is 74.3 Å². The number of carboxylic acid groups (broad SMARTS) is 1. The molecule has 2 heteroatoms. The van der Waals surface area contributed by atoms with E-state index < -0.39 is 5.97 Å². The predicted molar refractivity (Wildman–Crippen MR) is 50.1 cm³/mol. The van der Waals surface area contributed by atoms with Crippen LogP contribution >= 0.6 is 0 Å². The van der Waals surface area contributed by atoms with Crippen LogP contribution < -0.4 is 0 Å². The Balaban J connectivity index is 3.19. The molecule has 0 aliphatic carbocycles. The third-order valence-corrected chi connectivity index (χ3v) is 1.97. The summed E-state index contributed by atoms with van der Waals surface area (Å²) in [5.41, 5.74) is 0. The fourth-order valence-corrected chi connectivity index (χ4v) is 1.04. The van der Waals surface area contributed by atoms with Crippen LogP contribution in [-0.4, -0.2) is 11.1 Å². The molecule has 0 aliphatic heterocycles. The zero-order valence-electron chi connectivity index (χ0n) is 7.75. The summed E-state index contributed by atoms with van der Waals surface area (Å²) < 4.78 is 0. The minimum atomic E-state index is -0.682. The van der Waals surface area contributed by atoms with Gasteiger partial charge in [-0.05, 0) is 19.3 Å². The molecule has 0 aliphatic rings. The van der Waals surface area contributed by atoms with E-state index in [0.717, 1.165) is 32.1 Å². The van der Waals surface area contributed by atoms with E-state index in [1.807, 2.05) is 6.08 Å². The van der Waals surface area contributed by atoms with Crippen molar-refractivity contribution in [2.45, 2.75) is 39.0 Å². The highest BCUT2D eigenvalue weighted by Crippen LogP contribution is 2.10. The standard InChI is InChI=1S/C10H18O2/c1-3-4-5-6-7-8-9(2)10(11)12/h3,9H,1,4-8H2,2H3,(H,11,12). The molecule has 0 spiro atoms. The number of carboxylic acids is 1. The van der Waals surface area contributed by atoms with E-state index >= 15 is 0 Å². The molecule has 2 nitrogen and oxygen atoms in total. The number of hydrogen-bond acceptors (Lipinski definition) is 1. The molecular formula is C10H18O2. The van der Waals surface area contributed by atoms with Crippen molar-refractivity contribution in [2.75, 3.05) is 0 Å². The van der Waals surface area contributed by atoms with Crippen LogP contribution in [0.4, 0.5) is 0 Å². The lowest BCUT2D eigenvalue weighted by atomic mass is 10.0. The highest BCUT2D eigenvalue weighted by Gasteiger charge is 2.08. The fraction of sp³-hybridized carbons (Fsp3) is 0.700. The molecule has 0 aromatic rings. The van der Waals surface area contributed by atoms with E-state index in [1.165, 1.54) is 0 Å². The van der Waals surface area contributed by atoms with Crippen molar-refractivity contribution in [2.24, 2.45) is 5.92 Å². The Kier molecular flexibility index (Phi) is 6.44. The maximum Gasteiger partial charge on any atom is 0.306 e. The summed E-state index contributed by atoms with van der Waals surface area (Å²) in [6.45, 7) is 5.39. The molecule has 1 atom stereocenters. The first-order valence-electron chi connectivity index (χ1n) is 4.52. The third kappa shape index (κ3) is 5.96. The monoisotopic (exact) mass is 170 g/mol. The maximum absolute atomic E-state index is 10.4. The minimum absolute atomic E-state index is 0.186. The van der Waals surface area contributed by atoms with Crippen LogP contribution in [0.25, 0.3) is 0 Å². The van der Waals surface area contributed by atoms with Gasteiger partial charge in [0.25, 0.3) is 0 Å². The molecule has 0 aromatic carbocycles. The van der Waals surface area contributed by atoms with Gasteiger partial charge in [0.1, 0.15) is 0 Å². The largest absolute Gasteiger partial charge is 0.481 e. The van der Waals surface area contributed by atoms with Crippen molar-refractivity contribution < 1.29 is 9.90 Å².